The van der Waals surface area contributed by atoms with E-state index >= 15 is 0 Å². The molecule has 2 fully saturated rings. The van der Waals surface area contributed by atoms with Gasteiger partial charge >= 0.3 is 0 Å². The Bertz CT molecular complexity index is 591. The van der Waals surface area contributed by atoms with Crippen LogP contribution in [0.5, 0.6) is 0 Å². The summed E-state index contributed by atoms with van der Waals surface area (Å²) in [5.41, 5.74) is 1.09. The maximum atomic E-state index is 12.5. The molecule has 1 aromatic heterocycles. The van der Waals surface area contributed by atoms with Crippen molar-refractivity contribution in [2.45, 2.75) is 37.2 Å². The number of nitriles is 1. The molecule has 2 aliphatic rings. The molecule has 1 atom stereocenters. The zero-order valence-electron chi connectivity index (χ0n) is 10.6. The number of hydrogen-bond donors (Lipinski definition) is 2. The van der Waals surface area contributed by atoms with Crippen LogP contribution in [0.25, 0.3) is 0 Å². The molecule has 19 heavy (non-hydrogen) atoms. The van der Waals surface area contributed by atoms with Crippen molar-refractivity contribution in [1.82, 2.24) is 10.3 Å². The standard InChI is InChI=1S/C13H14N4OS/c1-8-5-9(7-15-10(8)6-14)17-11(18)13(3-2-4-13)16-12(17)19/h5,7,12,16,19H,2-4H2,1H3. The number of amides is 1. The summed E-state index contributed by atoms with van der Waals surface area (Å²) < 4.78 is 0. The minimum absolute atomic E-state index is 0.0599. The van der Waals surface area contributed by atoms with E-state index in [1.54, 1.807) is 11.1 Å². The largest absolute Gasteiger partial charge is 0.284 e. The van der Waals surface area contributed by atoms with Crippen molar-refractivity contribution in [2.24, 2.45) is 0 Å². The van der Waals surface area contributed by atoms with E-state index in [2.05, 4.69) is 22.9 Å². The van der Waals surface area contributed by atoms with Crippen LogP contribution in [0.4, 0.5) is 5.69 Å². The third-order valence-corrected chi connectivity index (χ3v) is 4.29. The number of aromatic nitrogens is 1. The van der Waals surface area contributed by atoms with Gasteiger partial charge in [-0.15, -0.1) is 12.6 Å². The Balaban J connectivity index is 1.96. The van der Waals surface area contributed by atoms with E-state index in [0.29, 0.717) is 11.4 Å². The summed E-state index contributed by atoms with van der Waals surface area (Å²) in [7, 11) is 0. The molecule has 1 amide bonds. The number of thiol groups is 1. The lowest BCUT2D eigenvalue weighted by Crippen LogP contribution is -2.52. The molecule has 98 valence electrons. The summed E-state index contributed by atoms with van der Waals surface area (Å²) in [5.74, 6) is 0.0599. The van der Waals surface area contributed by atoms with Gasteiger partial charge < -0.3 is 0 Å². The molecule has 0 aromatic carbocycles. The Morgan fingerprint density at radius 3 is 2.84 bits per heavy atom. The highest BCUT2D eigenvalue weighted by molar-refractivity contribution is 7.81. The smallest absolute Gasteiger partial charge is 0.249 e. The van der Waals surface area contributed by atoms with Crippen LogP contribution in [-0.4, -0.2) is 21.9 Å². The fourth-order valence-electron chi connectivity index (χ4n) is 2.67. The first-order valence-corrected chi connectivity index (χ1v) is 6.75. The Hall–Kier alpha value is -1.58. The maximum Gasteiger partial charge on any atom is 0.249 e. The minimum Gasteiger partial charge on any atom is -0.284 e. The van der Waals surface area contributed by atoms with Crippen LogP contribution in [0.3, 0.4) is 0 Å². The fraction of sp³-hybridized carbons (Fsp3) is 0.462. The number of aryl methyl sites for hydroxylation is 1. The van der Waals surface area contributed by atoms with E-state index in [0.717, 1.165) is 24.8 Å². The lowest BCUT2D eigenvalue weighted by atomic mass is 9.77. The molecule has 5 nitrogen and oxygen atoms in total. The van der Waals surface area contributed by atoms with Crippen LogP contribution in [0.2, 0.25) is 0 Å². The van der Waals surface area contributed by atoms with E-state index in [1.807, 2.05) is 19.1 Å². The number of carbonyl (C=O) groups is 1. The molecule has 0 radical (unpaired) electrons. The molecule has 1 unspecified atom stereocenters. The van der Waals surface area contributed by atoms with Gasteiger partial charge in [0, 0.05) is 0 Å². The van der Waals surface area contributed by atoms with E-state index in [-0.39, 0.29) is 11.4 Å². The SMILES string of the molecule is Cc1cc(N2C(=O)C3(CCC3)NC2S)cnc1C#N. The van der Waals surface area contributed by atoms with E-state index in [1.165, 1.54) is 0 Å². The summed E-state index contributed by atoms with van der Waals surface area (Å²) in [6, 6.07) is 3.84. The van der Waals surface area contributed by atoms with Crippen molar-refractivity contribution >= 4 is 24.2 Å². The Morgan fingerprint density at radius 2 is 2.37 bits per heavy atom. The van der Waals surface area contributed by atoms with Crippen molar-refractivity contribution < 1.29 is 4.79 Å². The first kappa shape index (κ1) is 12.5. The van der Waals surface area contributed by atoms with Crippen molar-refractivity contribution in [3.05, 3.63) is 23.5 Å². The van der Waals surface area contributed by atoms with Gasteiger partial charge in [-0.3, -0.25) is 15.0 Å². The second-order valence-electron chi connectivity index (χ2n) is 5.10. The van der Waals surface area contributed by atoms with Gasteiger partial charge in [-0.1, -0.05) is 0 Å². The van der Waals surface area contributed by atoms with E-state index in [9.17, 15) is 4.79 Å². The molecule has 6 heteroatoms. The molecule has 1 aliphatic heterocycles. The molecule has 1 saturated carbocycles. The Kier molecular flexibility index (Phi) is 2.77. The Morgan fingerprint density at radius 1 is 1.63 bits per heavy atom. The fourth-order valence-corrected chi connectivity index (χ4v) is 3.16. The van der Waals surface area contributed by atoms with Gasteiger partial charge in [0.25, 0.3) is 0 Å². The molecular formula is C13H14N4OS. The van der Waals surface area contributed by atoms with E-state index in [4.69, 9.17) is 5.26 Å². The third-order valence-electron chi connectivity index (χ3n) is 3.93. The highest BCUT2D eigenvalue weighted by atomic mass is 32.1. The molecule has 1 spiro atoms. The van der Waals surface area contributed by atoms with Crippen LogP contribution in [0.15, 0.2) is 12.3 Å². The van der Waals surface area contributed by atoms with E-state index < -0.39 is 5.54 Å². The summed E-state index contributed by atoms with van der Waals surface area (Å²) >= 11 is 4.44. The minimum atomic E-state index is -0.422. The highest BCUT2D eigenvalue weighted by Crippen LogP contribution is 2.41. The third kappa shape index (κ3) is 1.73. The summed E-state index contributed by atoms with van der Waals surface area (Å²) in [4.78, 5) is 18.2. The number of rotatable bonds is 1. The Labute approximate surface area is 117 Å². The second-order valence-corrected chi connectivity index (χ2v) is 5.59. The molecular weight excluding hydrogens is 260 g/mol. The summed E-state index contributed by atoms with van der Waals surface area (Å²) in [6.07, 6.45) is 4.36. The van der Waals surface area contributed by atoms with Gasteiger partial charge in [0.2, 0.25) is 5.91 Å². The molecule has 1 N–H and O–H groups in total. The molecule has 1 aromatic rings. The molecule has 0 bridgehead atoms. The zero-order valence-corrected chi connectivity index (χ0v) is 11.4. The average molecular weight is 274 g/mol. The van der Waals surface area contributed by atoms with Crippen molar-refractivity contribution in [3.63, 3.8) is 0 Å². The van der Waals surface area contributed by atoms with Gasteiger partial charge in [0.05, 0.1) is 11.9 Å². The van der Waals surface area contributed by atoms with Gasteiger partial charge in [0.1, 0.15) is 22.8 Å². The number of hydrogen-bond acceptors (Lipinski definition) is 5. The molecule has 3 rings (SSSR count). The van der Waals surface area contributed by atoms with Crippen LogP contribution in [0.1, 0.15) is 30.5 Å². The zero-order chi connectivity index (χ0) is 13.6. The summed E-state index contributed by atoms with van der Waals surface area (Å²) in [5, 5.41) is 12.1. The molecule has 2 heterocycles. The van der Waals surface area contributed by atoms with Crippen molar-refractivity contribution in [1.29, 1.82) is 5.26 Å². The summed E-state index contributed by atoms with van der Waals surface area (Å²) in [6.45, 7) is 1.82. The normalized spacial score (nSPS) is 24.4. The predicted octanol–water partition coefficient (Wildman–Crippen LogP) is 1.33. The predicted molar refractivity (Wildman–Crippen MR) is 73.7 cm³/mol. The van der Waals surface area contributed by atoms with Gasteiger partial charge in [-0.05, 0) is 37.8 Å². The number of anilines is 1. The molecule has 1 saturated heterocycles. The quantitative estimate of drug-likeness (QED) is 0.758. The van der Waals surface area contributed by atoms with Crippen LogP contribution < -0.4 is 10.2 Å². The number of carbonyl (C=O) groups excluding carboxylic acids is 1. The van der Waals surface area contributed by atoms with Crippen LogP contribution in [-0.2, 0) is 4.79 Å². The van der Waals surface area contributed by atoms with Crippen molar-refractivity contribution in [3.8, 4) is 6.07 Å². The second kappa shape index (κ2) is 4.22. The number of pyridine rings is 1. The number of nitrogens with one attached hydrogen (secondary N) is 1. The van der Waals surface area contributed by atoms with Crippen LogP contribution >= 0.6 is 12.6 Å². The topological polar surface area (TPSA) is 69.0 Å². The monoisotopic (exact) mass is 274 g/mol. The van der Waals surface area contributed by atoms with Crippen LogP contribution in [0, 0.1) is 18.3 Å². The lowest BCUT2D eigenvalue weighted by molar-refractivity contribution is -0.124. The first-order valence-electron chi connectivity index (χ1n) is 6.23. The lowest BCUT2D eigenvalue weighted by Gasteiger charge is -2.35. The average Bonchev–Trinajstić information content (AvgIpc) is 2.61. The van der Waals surface area contributed by atoms with Gasteiger partial charge in [-0.2, -0.15) is 5.26 Å². The van der Waals surface area contributed by atoms with Gasteiger partial charge in [-0.25, -0.2) is 4.98 Å². The van der Waals surface area contributed by atoms with Gasteiger partial charge in [0.15, 0.2) is 0 Å². The molecule has 1 aliphatic carbocycles. The highest BCUT2D eigenvalue weighted by Gasteiger charge is 2.54. The first-order chi connectivity index (χ1) is 9.07. The maximum absolute atomic E-state index is 12.5. The number of nitrogens with zero attached hydrogens (tertiary/aromatic N) is 3. The van der Waals surface area contributed by atoms with Crippen molar-refractivity contribution in [2.75, 3.05) is 4.90 Å².